The van der Waals surface area contributed by atoms with Crippen LogP contribution in [-0.4, -0.2) is 26.5 Å². The predicted molar refractivity (Wildman–Crippen MR) is 112 cm³/mol. The molecule has 0 bridgehead atoms. The Morgan fingerprint density at radius 1 is 1.03 bits per heavy atom. The predicted octanol–water partition coefficient (Wildman–Crippen LogP) is 4.01. The summed E-state index contributed by atoms with van der Waals surface area (Å²) < 4.78 is 6.03. The highest BCUT2D eigenvalue weighted by Gasteiger charge is 2.21. The molecule has 0 amide bonds. The standard InChI is InChI=1S/C23H21N5O/c1-2-4-17(5-3-1)14-29-23-21(12-25-16-27-23)19-7-6-18-8-9-28(22(18)10-19)13-20-11-24-15-26-20/h1-7,10-12,15-16H,8-9,13-14H2,(H,24,26). The molecular formula is C23H21N5O. The summed E-state index contributed by atoms with van der Waals surface area (Å²) in [5.41, 5.74) is 6.78. The Bertz CT molecular complexity index is 1100. The van der Waals surface area contributed by atoms with Crippen molar-refractivity contribution in [2.75, 3.05) is 11.4 Å². The fraction of sp³-hybridized carbons (Fsp3) is 0.174. The number of hydrogen-bond acceptors (Lipinski definition) is 5. The van der Waals surface area contributed by atoms with Crippen LogP contribution in [0.4, 0.5) is 5.69 Å². The molecule has 0 aliphatic carbocycles. The molecular weight excluding hydrogens is 362 g/mol. The second-order valence-electron chi connectivity index (χ2n) is 7.11. The molecule has 2 aromatic heterocycles. The highest BCUT2D eigenvalue weighted by atomic mass is 16.5. The van der Waals surface area contributed by atoms with Gasteiger partial charge in [0.05, 0.1) is 24.1 Å². The first-order valence-electron chi connectivity index (χ1n) is 9.69. The number of H-pyrrole nitrogens is 1. The van der Waals surface area contributed by atoms with Crippen LogP contribution in [0, 0.1) is 0 Å². The number of hydrogen-bond donors (Lipinski definition) is 1. The third-order valence-electron chi connectivity index (χ3n) is 5.20. The van der Waals surface area contributed by atoms with E-state index < -0.39 is 0 Å². The molecule has 0 spiro atoms. The largest absolute Gasteiger partial charge is 0.472 e. The molecule has 144 valence electrons. The number of ether oxygens (including phenoxy) is 1. The van der Waals surface area contributed by atoms with E-state index in [0.29, 0.717) is 12.5 Å². The number of benzene rings is 2. The smallest absolute Gasteiger partial charge is 0.224 e. The van der Waals surface area contributed by atoms with Crippen molar-refractivity contribution >= 4 is 5.69 Å². The molecule has 0 fully saturated rings. The van der Waals surface area contributed by atoms with Gasteiger partial charge in [-0.25, -0.2) is 15.0 Å². The summed E-state index contributed by atoms with van der Waals surface area (Å²) in [6.45, 7) is 2.29. The molecule has 0 radical (unpaired) electrons. The Morgan fingerprint density at radius 2 is 1.97 bits per heavy atom. The number of aromatic amines is 1. The van der Waals surface area contributed by atoms with Gasteiger partial charge in [0.15, 0.2) is 0 Å². The summed E-state index contributed by atoms with van der Waals surface area (Å²) in [5.74, 6) is 0.599. The molecule has 4 aromatic rings. The zero-order valence-corrected chi connectivity index (χ0v) is 16.0. The first-order chi connectivity index (χ1) is 14.4. The molecule has 6 heteroatoms. The van der Waals surface area contributed by atoms with Crippen LogP contribution in [0.1, 0.15) is 16.8 Å². The van der Waals surface area contributed by atoms with Crippen LogP contribution in [0.5, 0.6) is 5.88 Å². The molecule has 6 nitrogen and oxygen atoms in total. The monoisotopic (exact) mass is 383 g/mol. The maximum atomic E-state index is 6.03. The van der Waals surface area contributed by atoms with Crippen molar-refractivity contribution in [2.24, 2.45) is 0 Å². The van der Waals surface area contributed by atoms with Crippen molar-refractivity contribution in [1.82, 2.24) is 19.9 Å². The molecule has 1 aliphatic heterocycles. The summed E-state index contributed by atoms with van der Waals surface area (Å²) in [6.07, 6.45) is 8.00. The van der Waals surface area contributed by atoms with Gasteiger partial charge in [0, 0.05) is 24.6 Å². The van der Waals surface area contributed by atoms with Gasteiger partial charge in [-0.3, -0.25) is 0 Å². The van der Waals surface area contributed by atoms with E-state index in [9.17, 15) is 0 Å². The van der Waals surface area contributed by atoms with Crippen molar-refractivity contribution in [2.45, 2.75) is 19.6 Å². The van der Waals surface area contributed by atoms with Crippen molar-refractivity contribution in [3.8, 4) is 17.0 Å². The van der Waals surface area contributed by atoms with Gasteiger partial charge < -0.3 is 14.6 Å². The summed E-state index contributed by atoms with van der Waals surface area (Å²) in [7, 11) is 0. The van der Waals surface area contributed by atoms with Crippen LogP contribution < -0.4 is 9.64 Å². The SMILES string of the molecule is c1ccc(COc2ncncc2-c2ccc3c(c2)N(Cc2cnc[nH]2)CC3)cc1. The minimum Gasteiger partial charge on any atom is -0.472 e. The molecule has 0 saturated carbocycles. The maximum absolute atomic E-state index is 6.03. The number of fused-ring (bicyclic) bond motifs is 1. The van der Waals surface area contributed by atoms with Gasteiger partial charge >= 0.3 is 0 Å². The van der Waals surface area contributed by atoms with Crippen LogP contribution >= 0.6 is 0 Å². The second kappa shape index (κ2) is 7.75. The van der Waals surface area contributed by atoms with Crippen molar-refractivity contribution in [1.29, 1.82) is 0 Å². The maximum Gasteiger partial charge on any atom is 0.224 e. The van der Waals surface area contributed by atoms with E-state index in [2.05, 4.69) is 43.0 Å². The Balaban J connectivity index is 1.42. The van der Waals surface area contributed by atoms with Gasteiger partial charge in [0.25, 0.3) is 0 Å². The average molecular weight is 383 g/mol. The topological polar surface area (TPSA) is 66.9 Å². The Labute approximate surface area is 169 Å². The number of aromatic nitrogens is 4. The van der Waals surface area contributed by atoms with Gasteiger partial charge in [0.1, 0.15) is 12.9 Å². The van der Waals surface area contributed by atoms with Gasteiger partial charge in [-0.1, -0.05) is 42.5 Å². The molecule has 2 aromatic carbocycles. The molecule has 29 heavy (non-hydrogen) atoms. The number of rotatable bonds is 6. The summed E-state index contributed by atoms with van der Waals surface area (Å²) in [4.78, 5) is 18.3. The van der Waals surface area contributed by atoms with Gasteiger partial charge in [-0.2, -0.15) is 0 Å². The molecule has 0 atom stereocenters. The molecule has 5 rings (SSSR count). The normalized spacial score (nSPS) is 12.8. The third-order valence-corrected chi connectivity index (χ3v) is 5.20. The highest BCUT2D eigenvalue weighted by molar-refractivity contribution is 5.74. The molecule has 3 heterocycles. The zero-order chi connectivity index (χ0) is 19.5. The lowest BCUT2D eigenvalue weighted by atomic mass is 10.0. The van der Waals surface area contributed by atoms with E-state index in [1.54, 1.807) is 6.33 Å². The van der Waals surface area contributed by atoms with Crippen LogP contribution in [-0.2, 0) is 19.6 Å². The van der Waals surface area contributed by atoms with E-state index in [0.717, 1.165) is 41.9 Å². The van der Waals surface area contributed by atoms with Crippen molar-refractivity contribution < 1.29 is 4.74 Å². The minimum atomic E-state index is 0.474. The quantitative estimate of drug-likeness (QED) is 0.545. The van der Waals surface area contributed by atoms with Crippen LogP contribution in [0.2, 0.25) is 0 Å². The minimum absolute atomic E-state index is 0.474. The molecule has 1 aliphatic rings. The van der Waals surface area contributed by atoms with E-state index in [1.807, 2.05) is 42.7 Å². The lowest BCUT2D eigenvalue weighted by Crippen LogP contribution is -2.19. The molecule has 0 unspecified atom stereocenters. The number of imidazole rings is 1. The fourth-order valence-electron chi connectivity index (χ4n) is 3.71. The van der Waals surface area contributed by atoms with Crippen LogP contribution in [0.3, 0.4) is 0 Å². The van der Waals surface area contributed by atoms with Crippen LogP contribution in [0.15, 0.2) is 73.6 Å². The number of anilines is 1. The number of nitrogens with zero attached hydrogens (tertiary/aromatic N) is 4. The molecule has 1 N–H and O–H groups in total. The molecule has 0 saturated heterocycles. The van der Waals surface area contributed by atoms with Crippen molar-refractivity contribution in [3.63, 3.8) is 0 Å². The van der Waals surface area contributed by atoms with E-state index in [1.165, 1.54) is 17.6 Å². The van der Waals surface area contributed by atoms with E-state index in [4.69, 9.17) is 4.74 Å². The van der Waals surface area contributed by atoms with Gasteiger partial charge in [0.2, 0.25) is 5.88 Å². The van der Waals surface area contributed by atoms with E-state index >= 15 is 0 Å². The summed E-state index contributed by atoms with van der Waals surface area (Å²) in [5, 5.41) is 0. The van der Waals surface area contributed by atoms with Crippen LogP contribution in [0.25, 0.3) is 11.1 Å². The summed E-state index contributed by atoms with van der Waals surface area (Å²) >= 11 is 0. The average Bonchev–Trinajstić information content (AvgIpc) is 3.43. The first kappa shape index (κ1) is 17.4. The Hall–Kier alpha value is -3.67. The lowest BCUT2D eigenvalue weighted by molar-refractivity contribution is 0.294. The zero-order valence-electron chi connectivity index (χ0n) is 16.0. The fourth-order valence-corrected chi connectivity index (χ4v) is 3.71. The second-order valence-corrected chi connectivity index (χ2v) is 7.11. The Kier molecular flexibility index (Phi) is 4.66. The first-order valence-corrected chi connectivity index (χ1v) is 9.69. The summed E-state index contributed by atoms with van der Waals surface area (Å²) in [6, 6.07) is 16.7. The lowest BCUT2D eigenvalue weighted by Gasteiger charge is -2.19. The van der Waals surface area contributed by atoms with E-state index in [-0.39, 0.29) is 0 Å². The van der Waals surface area contributed by atoms with Gasteiger partial charge in [-0.15, -0.1) is 0 Å². The van der Waals surface area contributed by atoms with Gasteiger partial charge in [-0.05, 0) is 29.2 Å². The van der Waals surface area contributed by atoms with Crippen molar-refractivity contribution in [3.05, 3.63) is 90.4 Å². The third kappa shape index (κ3) is 3.69. The highest BCUT2D eigenvalue weighted by Crippen LogP contribution is 2.36. The number of nitrogens with one attached hydrogen (secondary N) is 1. The Morgan fingerprint density at radius 3 is 2.83 bits per heavy atom.